The van der Waals surface area contributed by atoms with Crippen LogP contribution in [0.3, 0.4) is 0 Å². The van der Waals surface area contributed by atoms with Crippen molar-refractivity contribution in [1.29, 1.82) is 0 Å². The van der Waals surface area contributed by atoms with Gasteiger partial charge in [0.25, 0.3) is 5.91 Å². The summed E-state index contributed by atoms with van der Waals surface area (Å²) in [6.45, 7) is 5.76. The number of carbonyl (C=O) groups excluding carboxylic acids is 1. The topological polar surface area (TPSA) is 80.0 Å². The van der Waals surface area contributed by atoms with Gasteiger partial charge in [-0.3, -0.25) is 4.79 Å². The Balaban J connectivity index is 2.36. The minimum atomic E-state index is -0.118. The van der Waals surface area contributed by atoms with Gasteiger partial charge in [0, 0.05) is 13.1 Å². The van der Waals surface area contributed by atoms with Crippen molar-refractivity contribution in [2.75, 3.05) is 36.1 Å². The van der Waals surface area contributed by atoms with Crippen LogP contribution in [0.5, 0.6) is 0 Å². The molecule has 7 heteroatoms. The molecule has 0 aromatic carbocycles. The Morgan fingerprint density at radius 3 is 2.81 bits per heavy atom. The third-order valence-electron chi connectivity index (χ3n) is 2.83. The van der Waals surface area contributed by atoms with E-state index in [4.69, 9.17) is 5.73 Å². The Morgan fingerprint density at radius 1 is 1.38 bits per heavy atom. The van der Waals surface area contributed by atoms with E-state index in [1.54, 1.807) is 0 Å². The molecule has 0 saturated carbocycles. The van der Waals surface area contributed by atoms with Crippen LogP contribution >= 0.6 is 23.1 Å². The minimum absolute atomic E-state index is 0.118. The van der Waals surface area contributed by atoms with Crippen LogP contribution < -0.4 is 16.4 Å². The van der Waals surface area contributed by atoms with Gasteiger partial charge in [-0.05, 0) is 30.8 Å². The number of nitrogen functional groups attached to an aromatic ring is 1. The van der Waals surface area contributed by atoms with Crippen molar-refractivity contribution < 1.29 is 4.79 Å². The van der Waals surface area contributed by atoms with Crippen LogP contribution in [0.2, 0.25) is 0 Å². The maximum atomic E-state index is 12.1. The highest BCUT2D eigenvalue weighted by Gasteiger charge is 2.15. The Hall–Kier alpha value is -0.950. The largest absolute Gasteiger partial charge is 0.382 e. The number of anilines is 2. The number of rotatable bonds is 10. The maximum Gasteiger partial charge on any atom is 0.265 e. The monoisotopic (exact) mass is 330 g/mol. The highest BCUT2D eigenvalue weighted by atomic mass is 32.2. The van der Waals surface area contributed by atoms with Gasteiger partial charge in [0.1, 0.15) is 10.7 Å². The van der Waals surface area contributed by atoms with Gasteiger partial charge < -0.3 is 16.4 Å². The first kappa shape index (κ1) is 18.1. The zero-order valence-electron chi connectivity index (χ0n) is 13.1. The molecule has 1 rings (SSSR count). The number of unbranched alkanes of at least 4 members (excludes halogenated alkanes) is 2. The maximum absolute atomic E-state index is 12.1. The fourth-order valence-electron chi connectivity index (χ4n) is 1.69. The smallest absolute Gasteiger partial charge is 0.265 e. The van der Waals surface area contributed by atoms with Gasteiger partial charge in [-0.1, -0.05) is 31.6 Å². The molecule has 0 saturated heterocycles. The zero-order chi connectivity index (χ0) is 15.7. The summed E-state index contributed by atoms with van der Waals surface area (Å²) in [6, 6.07) is 0. The van der Waals surface area contributed by atoms with Crippen LogP contribution in [0.25, 0.3) is 0 Å². The molecule has 1 heterocycles. The number of thioether (sulfide) groups is 1. The summed E-state index contributed by atoms with van der Waals surface area (Å²) >= 11 is 3.18. The molecule has 0 spiro atoms. The predicted octanol–water partition coefficient (Wildman–Crippen LogP) is 3.06. The summed E-state index contributed by atoms with van der Waals surface area (Å²) in [5, 5.41) is 6.82. The summed E-state index contributed by atoms with van der Waals surface area (Å²) in [5.74, 6) is 1.90. The van der Waals surface area contributed by atoms with E-state index in [-0.39, 0.29) is 5.91 Å². The van der Waals surface area contributed by atoms with Crippen LogP contribution in [-0.4, -0.2) is 36.0 Å². The van der Waals surface area contributed by atoms with E-state index in [9.17, 15) is 4.79 Å². The van der Waals surface area contributed by atoms with Crippen molar-refractivity contribution in [3.05, 3.63) is 4.88 Å². The number of hydrogen-bond acceptors (Lipinski definition) is 6. The molecule has 0 atom stereocenters. The molecule has 4 N–H and O–H groups in total. The molecule has 0 aliphatic carbocycles. The summed E-state index contributed by atoms with van der Waals surface area (Å²) in [4.78, 5) is 16.8. The fraction of sp³-hybridized carbons (Fsp3) is 0.714. The van der Waals surface area contributed by atoms with Gasteiger partial charge >= 0.3 is 0 Å². The SMILES string of the molecule is CSCCCCCNC(=O)c1sc(NCC(C)C)nc1N. The van der Waals surface area contributed by atoms with E-state index < -0.39 is 0 Å². The standard InChI is InChI=1S/C14H26N4OS2/c1-10(2)9-17-14-18-12(15)11(21-14)13(19)16-7-5-4-6-8-20-3/h10H,4-9,15H2,1-3H3,(H,16,19)(H,17,18). The number of aromatic nitrogens is 1. The number of nitrogens with one attached hydrogen (secondary N) is 2. The van der Waals surface area contributed by atoms with Crippen molar-refractivity contribution in [2.24, 2.45) is 5.92 Å². The van der Waals surface area contributed by atoms with Crippen LogP contribution in [-0.2, 0) is 0 Å². The van der Waals surface area contributed by atoms with E-state index >= 15 is 0 Å². The summed E-state index contributed by atoms with van der Waals surface area (Å²) in [5.41, 5.74) is 5.81. The highest BCUT2D eigenvalue weighted by molar-refractivity contribution is 7.98. The van der Waals surface area contributed by atoms with Gasteiger partial charge in [0.15, 0.2) is 5.13 Å². The molecule has 0 aliphatic heterocycles. The van der Waals surface area contributed by atoms with Crippen molar-refractivity contribution in [2.45, 2.75) is 33.1 Å². The molecule has 0 fully saturated rings. The van der Waals surface area contributed by atoms with Gasteiger partial charge in [0.05, 0.1) is 0 Å². The average Bonchev–Trinajstić information content (AvgIpc) is 2.81. The lowest BCUT2D eigenvalue weighted by molar-refractivity contribution is 0.0957. The van der Waals surface area contributed by atoms with Crippen molar-refractivity contribution in [3.63, 3.8) is 0 Å². The number of nitrogens with zero attached hydrogens (tertiary/aromatic N) is 1. The highest BCUT2D eigenvalue weighted by Crippen LogP contribution is 2.24. The van der Waals surface area contributed by atoms with Crippen molar-refractivity contribution >= 4 is 40.0 Å². The molecular weight excluding hydrogens is 304 g/mol. The summed E-state index contributed by atoms with van der Waals surface area (Å²) in [6.07, 6.45) is 5.45. The van der Waals surface area contributed by atoms with E-state index in [2.05, 4.69) is 35.7 Å². The third-order valence-corrected chi connectivity index (χ3v) is 4.56. The Bertz CT molecular complexity index is 435. The molecule has 0 aliphatic rings. The molecule has 120 valence electrons. The summed E-state index contributed by atoms with van der Waals surface area (Å²) in [7, 11) is 0. The van der Waals surface area contributed by atoms with Gasteiger partial charge in [0.2, 0.25) is 0 Å². The molecule has 0 radical (unpaired) electrons. The van der Waals surface area contributed by atoms with Crippen LogP contribution in [0.1, 0.15) is 42.8 Å². The van der Waals surface area contributed by atoms with Crippen LogP contribution in [0, 0.1) is 5.92 Å². The second kappa shape index (κ2) is 9.89. The summed E-state index contributed by atoms with van der Waals surface area (Å²) < 4.78 is 0. The molecule has 1 aromatic rings. The van der Waals surface area contributed by atoms with E-state index in [0.717, 1.165) is 19.4 Å². The lowest BCUT2D eigenvalue weighted by Crippen LogP contribution is -2.24. The number of hydrogen-bond donors (Lipinski definition) is 3. The Kier molecular flexibility index (Phi) is 8.52. The first-order valence-electron chi connectivity index (χ1n) is 7.32. The molecule has 1 aromatic heterocycles. The predicted molar refractivity (Wildman–Crippen MR) is 94.4 cm³/mol. The molecule has 0 bridgehead atoms. The molecule has 21 heavy (non-hydrogen) atoms. The van der Waals surface area contributed by atoms with E-state index in [1.807, 2.05) is 11.8 Å². The normalized spacial score (nSPS) is 10.9. The number of nitrogens with two attached hydrogens (primary N) is 1. The van der Waals surface area contributed by atoms with E-state index in [0.29, 0.717) is 28.3 Å². The Morgan fingerprint density at radius 2 is 2.14 bits per heavy atom. The lowest BCUT2D eigenvalue weighted by atomic mass is 10.2. The first-order chi connectivity index (χ1) is 10.0. The molecule has 1 amide bonds. The quantitative estimate of drug-likeness (QED) is 0.575. The van der Waals surface area contributed by atoms with Crippen molar-refractivity contribution in [1.82, 2.24) is 10.3 Å². The van der Waals surface area contributed by atoms with E-state index in [1.165, 1.54) is 23.5 Å². The first-order valence-corrected chi connectivity index (χ1v) is 9.53. The Labute approximate surface area is 135 Å². The fourth-order valence-corrected chi connectivity index (χ4v) is 2.99. The van der Waals surface area contributed by atoms with Gasteiger partial charge in [-0.25, -0.2) is 4.98 Å². The minimum Gasteiger partial charge on any atom is -0.382 e. The second-order valence-electron chi connectivity index (χ2n) is 5.32. The van der Waals surface area contributed by atoms with Crippen molar-refractivity contribution in [3.8, 4) is 0 Å². The van der Waals surface area contributed by atoms with Crippen LogP contribution in [0.4, 0.5) is 10.9 Å². The molecule has 5 nitrogen and oxygen atoms in total. The van der Waals surface area contributed by atoms with Crippen LogP contribution in [0.15, 0.2) is 0 Å². The molecule has 0 unspecified atom stereocenters. The third kappa shape index (κ3) is 7.04. The number of carbonyl (C=O) groups is 1. The van der Waals surface area contributed by atoms with Gasteiger partial charge in [-0.15, -0.1) is 0 Å². The second-order valence-corrected chi connectivity index (χ2v) is 7.30. The average molecular weight is 331 g/mol. The zero-order valence-corrected chi connectivity index (χ0v) is 14.7. The number of amides is 1. The van der Waals surface area contributed by atoms with Gasteiger partial charge in [-0.2, -0.15) is 11.8 Å². The number of thiazole rings is 1. The molecular formula is C14H26N4OS2. The lowest BCUT2D eigenvalue weighted by Gasteiger charge is -2.04.